The first-order valence-electron chi connectivity index (χ1n) is 4.49. The number of ether oxygens (including phenoxy) is 2. The molecule has 0 bridgehead atoms. The highest BCUT2D eigenvalue weighted by Gasteiger charge is 2.36. The van der Waals surface area contributed by atoms with Crippen molar-refractivity contribution in [3.63, 3.8) is 0 Å². The Bertz CT molecular complexity index is 153. The molecule has 0 saturated carbocycles. The van der Waals surface area contributed by atoms with Gasteiger partial charge in [0.2, 0.25) is 0 Å². The summed E-state index contributed by atoms with van der Waals surface area (Å²) in [4.78, 5) is 11.5. The van der Waals surface area contributed by atoms with E-state index in [-0.39, 0.29) is 5.97 Å². The van der Waals surface area contributed by atoms with Gasteiger partial charge in [0.1, 0.15) is 5.54 Å². The summed E-state index contributed by atoms with van der Waals surface area (Å²) >= 11 is 0. The van der Waals surface area contributed by atoms with Crippen LogP contribution in [-0.4, -0.2) is 38.9 Å². The lowest BCUT2D eigenvalue weighted by Gasteiger charge is -2.29. The first-order valence-corrected chi connectivity index (χ1v) is 4.49. The highest BCUT2D eigenvalue weighted by atomic mass is 16.5. The van der Waals surface area contributed by atoms with Gasteiger partial charge in [-0.25, -0.2) is 4.79 Å². The normalized spacial score (nSPS) is 15.1. The second kappa shape index (κ2) is 5.94. The average molecular weight is 189 g/mol. The zero-order valence-electron chi connectivity index (χ0n) is 8.85. The summed E-state index contributed by atoms with van der Waals surface area (Å²) in [5, 5.41) is 3.10. The number of hydrogen-bond acceptors (Lipinski definition) is 4. The van der Waals surface area contributed by atoms with Crippen LogP contribution < -0.4 is 5.32 Å². The maximum absolute atomic E-state index is 11.5. The number of rotatable bonds is 6. The number of nitrogens with one attached hydrogen (secondary N) is 1. The minimum atomic E-state index is -0.682. The molecule has 0 radical (unpaired) electrons. The van der Waals surface area contributed by atoms with Crippen LogP contribution >= 0.6 is 0 Å². The minimum absolute atomic E-state index is 0.265. The molecule has 4 nitrogen and oxygen atoms in total. The molecule has 4 heteroatoms. The van der Waals surface area contributed by atoms with Gasteiger partial charge in [-0.15, -0.1) is 0 Å². The Labute approximate surface area is 79.6 Å². The van der Waals surface area contributed by atoms with Gasteiger partial charge in [-0.3, -0.25) is 0 Å². The minimum Gasteiger partial charge on any atom is -0.468 e. The summed E-state index contributed by atoms with van der Waals surface area (Å²) in [6.45, 7) is 4.93. The van der Waals surface area contributed by atoms with Gasteiger partial charge in [0.05, 0.1) is 13.7 Å². The molecule has 1 atom stereocenters. The lowest BCUT2D eigenvalue weighted by molar-refractivity contribution is -0.151. The molecule has 0 heterocycles. The second-order valence-electron chi connectivity index (χ2n) is 2.89. The molecule has 0 saturated heterocycles. The Morgan fingerprint density at radius 1 is 1.38 bits per heavy atom. The van der Waals surface area contributed by atoms with Crippen LogP contribution in [0.5, 0.6) is 0 Å². The van der Waals surface area contributed by atoms with Crippen LogP contribution in [-0.2, 0) is 14.3 Å². The monoisotopic (exact) mass is 189 g/mol. The largest absolute Gasteiger partial charge is 0.468 e. The van der Waals surface area contributed by atoms with Gasteiger partial charge >= 0.3 is 5.97 Å². The molecule has 0 aliphatic carbocycles. The molecule has 0 fully saturated rings. The van der Waals surface area contributed by atoms with Crippen molar-refractivity contribution in [3.05, 3.63) is 0 Å². The standard InChI is InChI=1S/C9H19NO3/c1-5-9(7-12-3,10-6-2)8(11)13-4/h10H,5-7H2,1-4H3. The maximum atomic E-state index is 11.5. The van der Waals surface area contributed by atoms with Crippen molar-refractivity contribution < 1.29 is 14.3 Å². The highest BCUT2D eigenvalue weighted by molar-refractivity contribution is 5.80. The van der Waals surface area contributed by atoms with Crippen molar-refractivity contribution >= 4 is 5.97 Å². The summed E-state index contributed by atoms with van der Waals surface area (Å²) in [6, 6.07) is 0. The fraction of sp³-hybridized carbons (Fsp3) is 0.889. The van der Waals surface area contributed by atoms with E-state index >= 15 is 0 Å². The first kappa shape index (κ1) is 12.4. The SMILES string of the molecule is CCNC(CC)(COC)C(=O)OC. The quantitative estimate of drug-likeness (QED) is 0.620. The molecular formula is C9H19NO3. The predicted molar refractivity (Wildman–Crippen MR) is 50.6 cm³/mol. The average Bonchev–Trinajstić information content (AvgIpc) is 2.16. The third-order valence-corrected chi connectivity index (χ3v) is 2.09. The number of carbonyl (C=O) groups is 1. The number of methoxy groups -OCH3 is 2. The number of hydrogen-bond donors (Lipinski definition) is 1. The van der Waals surface area contributed by atoms with E-state index in [0.717, 1.165) is 0 Å². The summed E-state index contributed by atoms with van der Waals surface area (Å²) < 4.78 is 9.74. The second-order valence-corrected chi connectivity index (χ2v) is 2.89. The lowest BCUT2D eigenvalue weighted by Crippen LogP contribution is -2.55. The van der Waals surface area contributed by atoms with Gasteiger partial charge in [0.25, 0.3) is 0 Å². The maximum Gasteiger partial charge on any atom is 0.328 e. The fourth-order valence-corrected chi connectivity index (χ4v) is 1.33. The number of esters is 1. The van der Waals surface area contributed by atoms with Crippen molar-refractivity contribution in [2.75, 3.05) is 27.4 Å². The third kappa shape index (κ3) is 2.97. The van der Waals surface area contributed by atoms with Crippen LogP contribution in [0.2, 0.25) is 0 Å². The number of carbonyl (C=O) groups excluding carboxylic acids is 1. The summed E-state index contributed by atoms with van der Waals surface area (Å²) in [5.74, 6) is -0.265. The molecule has 1 unspecified atom stereocenters. The van der Waals surface area contributed by atoms with Crippen LogP contribution in [0.3, 0.4) is 0 Å². The van der Waals surface area contributed by atoms with Gasteiger partial charge in [0.15, 0.2) is 0 Å². The molecule has 0 rings (SSSR count). The van der Waals surface area contributed by atoms with E-state index in [9.17, 15) is 4.79 Å². The van der Waals surface area contributed by atoms with Gasteiger partial charge in [-0.2, -0.15) is 0 Å². The van der Waals surface area contributed by atoms with Gasteiger partial charge in [-0.05, 0) is 13.0 Å². The fourth-order valence-electron chi connectivity index (χ4n) is 1.33. The molecule has 78 valence electrons. The third-order valence-electron chi connectivity index (χ3n) is 2.09. The Morgan fingerprint density at radius 3 is 2.31 bits per heavy atom. The molecule has 1 N–H and O–H groups in total. The zero-order chi connectivity index (χ0) is 10.3. The van der Waals surface area contributed by atoms with Crippen LogP contribution in [0, 0.1) is 0 Å². The molecule has 0 aromatic rings. The van der Waals surface area contributed by atoms with Crippen LogP contribution in [0.4, 0.5) is 0 Å². The van der Waals surface area contributed by atoms with Crippen molar-refractivity contribution in [3.8, 4) is 0 Å². The molecule has 0 spiro atoms. The van der Waals surface area contributed by atoms with Crippen molar-refractivity contribution in [2.45, 2.75) is 25.8 Å². The van der Waals surface area contributed by atoms with Gasteiger partial charge in [0, 0.05) is 7.11 Å². The smallest absolute Gasteiger partial charge is 0.328 e. The number of likely N-dealkylation sites (N-methyl/N-ethyl adjacent to an activating group) is 1. The Hall–Kier alpha value is -0.610. The van der Waals surface area contributed by atoms with Gasteiger partial charge in [-0.1, -0.05) is 13.8 Å². The van der Waals surface area contributed by atoms with Crippen LogP contribution in [0.1, 0.15) is 20.3 Å². The highest BCUT2D eigenvalue weighted by Crippen LogP contribution is 2.12. The van der Waals surface area contributed by atoms with E-state index in [1.165, 1.54) is 7.11 Å². The molecule has 13 heavy (non-hydrogen) atoms. The molecular weight excluding hydrogens is 170 g/mol. The topological polar surface area (TPSA) is 47.6 Å². The Balaban J connectivity index is 4.52. The van der Waals surface area contributed by atoms with E-state index in [1.54, 1.807) is 7.11 Å². The zero-order valence-corrected chi connectivity index (χ0v) is 8.85. The van der Waals surface area contributed by atoms with E-state index in [4.69, 9.17) is 9.47 Å². The van der Waals surface area contributed by atoms with Crippen LogP contribution in [0.15, 0.2) is 0 Å². The van der Waals surface area contributed by atoms with Crippen molar-refractivity contribution in [1.82, 2.24) is 5.32 Å². The Morgan fingerprint density at radius 2 is 2.00 bits per heavy atom. The lowest BCUT2D eigenvalue weighted by atomic mass is 9.97. The van der Waals surface area contributed by atoms with Crippen LogP contribution in [0.25, 0.3) is 0 Å². The van der Waals surface area contributed by atoms with E-state index in [1.807, 2.05) is 13.8 Å². The Kier molecular flexibility index (Phi) is 5.66. The van der Waals surface area contributed by atoms with Crippen molar-refractivity contribution in [1.29, 1.82) is 0 Å². The van der Waals surface area contributed by atoms with E-state index < -0.39 is 5.54 Å². The van der Waals surface area contributed by atoms with Gasteiger partial charge < -0.3 is 14.8 Å². The van der Waals surface area contributed by atoms with E-state index in [0.29, 0.717) is 19.6 Å². The molecule has 0 aromatic carbocycles. The van der Waals surface area contributed by atoms with Crippen molar-refractivity contribution in [2.24, 2.45) is 0 Å². The first-order chi connectivity index (χ1) is 6.16. The van der Waals surface area contributed by atoms with E-state index in [2.05, 4.69) is 5.32 Å². The summed E-state index contributed by atoms with van der Waals surface area (Å²) in [6.07, 6.45) is 0.654. The summed E-state index contributed by atoms with van der Waals surface area (Å²) in [7, 11) is 2.96. The molecule has 0 aliphatic heterocycles. The molecule has 0 aliphatic rings. The summed E-state index contributed by atoms with van der Waals surface area (Å²) in [5.41, 5.74) is -0.682. The molecule has 0 amide bonds. The predicted octanol–water partition coefficient (Wildman–Crippen LogP) is 0.564. The molecule has 0 aromatic heterocycles.